The van der Waals surface area contributed by atoms with Gasteiger partial charge in [-0.2, -0.15) is 0 Å². The van der Waals surface area contributed by atoms with Gasteiger partial charge in [-0.3, -0.25) is 0 Å². The Hall–Kier alpha value is -17.2. The molecule has 8 aromatic heterocycles. The predicted molar refractivity (Wildman–Crippen MR) is 509 cm³/mol. The molecule has 0 amide bonds. The minimum absolute atomic E-state index is 0.554. The monoisotopic (exact) mass is 1610 g/mol. The Kier molecular flexibility index (Phi) is 16.7. The van der Waals surface area contributed by atoms with E-state index in [1.807, 2.05) is 158 Å². The van der Waals surface area contributed by atoms with E-state index in [2.05, 4.69) is 243 Å². The van der Waals surface area contributed by atoms with E-state index < -0.39 is 0 Å². The first-order chi connectivity index (χ1) is 62.4. The van der Waals surface area contributed by atoms with Gasteiger partial charge in [0, 0.05) is 109 Å². The number of hydrogen-bond donors (Lipinski definition) is 0. The maximum absolute atomic E-state index is 6.96. The lowest BCUT2D eigenvalue weighted by atomic mass is 9.93. The summed E-state index contributed by atoms with van der Waals surface area (Å²) in [5.41, 5.74) is 27.7. The molecule has 0 aliphatic carbocycles. The Balaban J connectivity index is 0.000000137. The van der Waals surface area contributed by atoms with E-state index in [-0.39, 0.29) is 0 Å². The second kappa shape index (κ2) is 29.3. The average molecular weight is 1620 g/mol. The van der Waals surface area contributed by atoms with Crippen molar-refractivity contribution in [2.45, 2.75) is 0 Å². The highest BCUT2D eigenvalue weighted by Gasteiger charge is 2.26. The summed E-state index contributed by atoms with van der Waals surface area (Å²) in [6, 6.07) is 137. The lowest BCUT2D eigenvalue weighted by Gasteiger charge is -2.11. The first-order valence-corrected chi connectivity index (χ1v) is 42.0. The lowest BCUT2D eigenvalue weighted by molar-refractivity contribution is 0.668. The smallest absolute Gasteiger partial charge is 0.164 e. The van der Waals surface area contributed by atoms with Gasteiger partial charge in [0.05, 0.1) is 0 Å². The Bertz CT molecular complexity index is 8830. The maximum Gasteiger partial charge on any atom is 0.164 e. The van der Waals surface area contributed by atoms with Gasteiger partial charge < -0.3 is 26.5 Å². The molecule has 126 heavy (non-hydrogen) atoms. The van der Waals surface area contributed by atoms with Crippen molar-refractivity contribution >= 4 is 132 Å². The number of furan rings is 6. The van der Waals surface area contributed by atoms with Gasteiger partial charge in [0.15, 0.2) is 34.9 Å². The fraction of sp³-hybridized carbons (Fsp3) is 0. The SMILES string of the molecule is c1ccc(-c2ccc(-c3nc(-c4ccccc4)nc(-c4cccc5oc6c(-c7ccc8c(c7)oc7ccccc78)cc(-c7ccc8c(c7)oc7ccccc78)cc6c45)n3)cc2)cc1.c1ccc(-c2ccc(-c3nc(-c4ccccc4)nc(-c4cccc5oc6c(-c7ccc8oc9ccccc9c8c7)cc(-c7ccc8oc9ccccc9c8c7)cc6c45)n3)cc2)cc1. The molecule has 0 aliphatic heterocycles. The van der Waals surface area contributed by atoms with Crippen LogP contribution in [0.25, 0.3) is 267 Å². The molecule has 0 aliphatic rings. The zero-order valence-corrected chi connectivity index (χ0v) is 67.2. The summed E-state index contributed by atoms with van der Waals surface area (Å²) in [7, 11) is 0. The van der Waals surface area contributed by atoms with Gasteiger partial charge in [0.25, 0.3) is 0 Å². The molecule has 0 N–H and O–H groups in total. The molecular formula is C114H66N6O6. The fourth-order valence-corrected chi connectivity index (χ4v) is 18.2. The van der Waals surface area contributed by atoms with E-state index in [9.17, 15) is 0 Å². The molecule has 0 atom stereocenters. The molecule has 8 heterocycles. The molecule has 0 bridgehead atoms. The molecule has 588 valence electrons. The molecule has 0 saturated heterocycles. The summed E-state index contributed by atoms with van der Waals surface area (Å²) >= 11 is 0. The molecule has 0 unspecified atom stereocenters. The lowest BCUT2D eigenvalue weighted by Crippen LogP contribution is -2.00. The number of fused-ring (bicyclic) bond motifs is 18. The molecular weight excluding hydrogens is 1550 g/mol. The molecule has 26 aromatic rings. The third-order valence-electron chi connectivity index (χ3n) is 24.3. The third kappa shape index (κ3) is 12.4. The molecule has 0 spiro atoms. The van der Waals surface area contributed by atoms with E-state index in [1.165, 1.54) is 0 Å². The van der Waals surface area contributed by atoms with E-state index in [0.717, 1.165) is 232 Å². The van der Waals surface area contributed by atoms with Gasteiger partial charge in [-0.1, -0.05) is 291 Å². The van der Waals surface area contributed by atoms with Crippen LogP contribution in [0, 0.1) is 0 Å². The number of benzene rings is 18. The minimum Gasteiger partial charge on any atom is -0.456 e. The van der Waals surface area contributed by atoms with Crippen LogP contribution < -0.4 is 0 Å². The zero-order valence-electron chi connectivity index (χ0n) is 67.2. The second-order valence-electron chi connectivity index (χ2n) is 31.8. The molecule has 26 rings (SSSR count). The summed E-state index contributed by atoms with van der Waals surface area (Å²) < 4.78 is 39.2. The number of hydrogen-bond acceptors (Lipinski definition) is 12. The average Bonchev–Trinajstić information content (AvgIpc) is 1.58. The standard InChI is InChI=1S/2C57H33N3O3/c1-3-12-34(13-4-1)35-22-24-37(25-23-35)56-58-55(36-14-5-2-6-15-36)59-57(60-56)45-18-11-21-50-53(45)47-31-40(38-26-28-43-41-16-7-9-19-48(41)61-51(43)32-38)30-46(54(47)63-50)39-27-29-44-42-17-8-10-20-49(42)62-52(44)33-39;1-3-12-34(13-4-1)35-22-24-37(25-23-35)56-58-55(36-14-5-2-6-15-36)59-57(60-56)43-18-11-21-52-53(43)47-33-40(38-26-28-50-45(30-38)41-16-7-9-19-48(41)61-50)32-44(54(47)63-52)39-27-29-51-46(31-39)42-17-8-10-20-49(42)62-51/h2*1-33H. The Morgan fingerprint density at radius 2 is 0.389 bits per heavy atom. The molecule has 12 nitrogen and oxygen atoms in total. The van der Waals surface area contributed by atoms with Gasteiger partial charge in [-0.25, -0.2) is 29.9 Å². The van der Waals surface area contributed by atoms with Crippen LogP contribution in [0.3, 0.4) is 0 Å². The molecule has 0 saturated carbocycles. The van der Waals surface area contributed by atoms with Crippen molar-refractivity contribution in [1.29, 1.82) is 0 Å². The molecule has 18 aromatic carbocycles. The Labute approximate surface area is 718 Å². The van der Waals surface area contributed by atoms with Gasteiger partial charge in [-0.05, 0) is 165 Å². The van der Waals surface area contributed by atoms with Crippen LogP contribution in [-0.2, 0) is 0 Å². The van der Waals surface area contributed by atoms with Crippen molar-refractivity contribution < 1.29 is 26.5 Å². The quantitative estimate of drug-likeness (QED) is 0.114. The second-order valence-corrected chi connectivity index (χ2v) is 31.8. The molecule has 12 heteroatoms. The van der Waals surface area contributed by atoms with Crippen LogP contribution >= 0.6 is 0 Å². The highest BCUT2D eigenvalue weighted by atomic mass is 16.3. The third-order valence-corrected chi connectivity index (χ3v) is 24.3. The van der Waals surface area contributed by atoms with Crippen LogP contribution in [0.5, 0.6) is 0 Å². The summed E-state index contributed by atoms with van der Waals surface area (Å²) in [5.74, 6) is 3.47. The van der Waals surface area contributed by atoms with Gasteiger partial charge in [0.1, 0.15) is 67.0 Å². The number of nitrogens with zero attached hydrogens (tertiary/aromatic N) is 6. The van der Waals surface area contributed by atoms with Crippen molar-refractivity contribution in [3.05, 3.63) is 400 Å². The van der Waals surface area contributed by atoms with Gasteiger partial charge in [-0.15, -0.1) is 0 Å². The number of para-hydroxylation sites is 4. The largest absolute Gasteiger partial charge is 0.456 e. The summed E-state index contributed by atoms with van der Waals surface area (Å²) in [6.07, 6.45) is 0. The van der Waals surface area contributed by atoms with Gasteiger partial charge in [0.2, 0.25) is 0 Å². The normalized spacial score (nSPS) is 11.8. The first-order valence-electron chi connectivity index (χ1n) is 42.0. The fourth-order valence-electron chi connectivity index (χ4n) is 18.2. The van der Waals surface area contributed by atoms with E-state index >= 15 is 0 Å². The molecule has 0 fully saturated rings. The van der Waals surface area contributed by atoms with Crippen LogP contribution in [0.2, 0.25) is 0 Å². The van der Waals surface area contributed by atoms with Crippen molar-refractivity contribution in [2.75, 3.05) is 0 Å². The van der Waals surface area contributed by atoms with Crippen molar-refractivity contribution in [2.24, 2.45) is 0 Å². The highest BCUT2D eigenvalue weighted by Crippen LogP contribution is 2.49. The first kappa shape index (κ1) is 71.7. The minimum atomic E-state index is 0.554. The van der Waals surface area contributed by atoms with Crippen LogP contribution in [0.1, 0.15) is 0 Å². The predicted octanol–water partition coefficient (Wildman–Crippen LogP) is 31.1. The van der Waals surface area contributed by atoms with Crippen molar-refractivity contribution in [1.82, 2.24) is 29.9 Å². The zero-order chi connectivity index (χ0) is 82.9. The Morgan fingerprint density at radius 1 is 0.127 bits per heavy atom. The van der Waals surface area contributed by atoms with E-state index in [0.29, 0.717) is 34.9 Å². The summed E-state index contributed by atoms with van der Waals surface area (Å²) in [6.45, 7) is 0. The van der Waals surface area contributed by atoms with Crippen LogP contribution in [0.15, 0.2) is 427 Å². The van der Waals surface area contributed by atoms with Crippen molar-refractivity contribution in [3.63, 3.8) is 0 Å². The summed E-state index contributed by atoms with van der Waals surface area (Å²) in [4.78, 5) is 30.9. The topological polar surface area (TPSA) is 156 Å². The van der Waals surface area contributed by atoms with Gasteiger partial charge >= 0.3 is 0 Å². The van der Waals surface area contributed by atoms with Crippen molar-refractivity contribution in [3.8, 4) is 135 Å². The van der Waals surface area contributed by atoms with Crippen LogP contribution in [0.4, 0.5) is 0 Å². The van der Waals surface area contributed by atoms with E-state index in [1.54, 1.807) is 0 Å². The number of rotatable bonds is 12. The maximum atomic E-state index is 6.96. The molecule has 0 radical (unpaired) electrons. The number of aromatic nitrogens is 6. The summed E-state index contributed by atoms with van der Waals surface area (Å²) in [5, 5.41) is 12.3. The van der Waals surface area contributed by atoms with E-state index in [4.69, 9.17) is 56.4 Å². The van der Waals surface area contributed by atoms with Crippen LogP contribution in [-0.4, -0.2) is 29.9 Å². The highest BCUT2D eigenvalue weighted by molar-refractivity contribution is 6.20. The Morgan fingerprint density at radius 3 is 0.817 bits per heavy atom.